The zero-order valence-corrected chi connectivity index (χ0v) is 21.5. The second kappa shape index (κ2) is 11.3. The number of rotatable bonds is 9. The summed E-state index contributed by atoms with van der Waals surface area (Å²) in [4.78, 5) is 31.7. The van der Waals surface area contributed by atoms with E-state index < -0.39 is 6.84 Å². The largest absolute Gasteiger partial charge is 0.611 e. The molecule has 3 rings (SSSR count). The minimum Gasteiger partial charge on any atom is -0.412 e. The molecule has 0 spiro atoms. The van der Waals surface area contributed by atoms with Gasteiger partial charge in [-0.25, -0.2) is 0 Å². The Hall–Kier alpha value is -2.81. The van der Waals surface area contributed by atoms with Crippen molar-refractivity contribution in [3.8, 4) is 0 Å². The zero-order valence-electron chi connectivity index (χ0n) is 21.5. The van der Waals surface area contributed by atoms with Crippen LogP contribution in [-0.2, 0) is 9.59 Å². The summed E-state index contributed by atoms with van der Waals surface area (Å²) in [6.07, 6.45) is 9.11. The number of allylic oxidation sites excluding steroid dienone is 3. The number of aromatic nitrogens is 1. The van der Waals surface area contributed by atoms with Crippen molar-refractivity contribution in [2.24, 2.45) is 5.92 Å². The Balaban J connectivity index is 1.58. The number of nitrogens with one attached hydrogen (secondary N) is 1. The van der Waals surface area contributed by atoms with Crippen molar-refractivity contribution in [3.05, 3.63) is 53.0 Å². The van der Waals surface area contributed by atoms with Gasteiger partial charge in [-0.05, 0) is 31.6 Å². The highest BCUT2D eigenvalue weighted by molar-refractivity contribution is 6.57. The van der Waals surface area contributed by atoms with Crippen LogP contribution in [0.25, 0.3) is 6.08 Å². The van der Waals surface area contributed by atoms with E-state index in [9.17, 15) is 18.2 Å². The highest BCUT2D eigenvalue weighted by Gasteiger charge is 2.40. The maximum atomic E-state index is 14.6. The SMILES string of the molecule is Cc1cc(C)c(C=C2C=CC(CCC(=O)N3CCN(C/C=C/C(=O)C(C)C)CC3)=[N+]2[B-](C)(F)F)[nH]1. The van der Waals surface area contributed by atoms with Gasteiger partial charge in [-0.3, -0.25) is 14.5 Å². The van der Waals surface area contributed by atoms with Gasteiger partial charge in [-0.1, -0.05) is 26.7 Å². The van der Waals surface area contributed by atoms with Crippen molar-refractivity contribution in [1.29, 1.82) is 0 Å². The molecule has 2 aliphatic heterocycles. The molecule has 1 saturated heterocycles. The average molecular weight is 486 g/mol. The Morgan fingerprint density at radius 1 is 1.17 bits per heavy atom. The molecule has 1 aromatic rings. The number of hydrogen-bond donors (Lipinski definition) is 1. The second-order valence-electron chi connectivity index (χ2n) is 9.93. The van der Waals surface area contributed by atoms with Crippen LogP contribution in [0.2, 0.25) is 6.82 Å². The molecule has 2 aliphatic rings. The van der Waals surface area contributed by atoms with Crippen LogP contribution in [0, 0.1) is 19.8 Å². The van der Waals surface area contributed by atoms with Gasteiger partial charge in [0.05, 0.1) is 0 Å². The standard InChI is InChI=1S/C26H37BF2N4O2/c1-19(2)25(34)7-6-12-31-13-15-32(16-14-31)26(35)11-10-22-8-9-23(33(22)27(5,28)29)18-24-20(3)17-21(4)30-24/h6-9,17-19,30H,10-16H2,1-5H3/b7-6+,23-18?. The third kappa shape index (κ3) is 7.10. The molecule has 0 saturated carbocycles. The molecule has 9 heteroatoms. The number of amides is 1. The summed E-state index contributed by atoms with van der Waals surface area (Å²) in [6, 6.07) is 1.98. The fourth-order valence-corrected chi connectivity index (χ4v) is 4.51. The van der Waals surface area contributed by atoms with Gasteiger partial charge in [0.2, 0.25) is 5.91 Å². The normalized spacial score (nSPS) is 18.6. The average Bonchev–Trinajstić information content (AvgIpc) is 3.34. The lowest BCUT2D eigenvalue weighted by Crippen LogP contribution is -2.48. The highest BCUT2D eigenvalue weighted by atomic mass is 19.2. The van der Waals surface area contributed by atoms with Crippen molar-refractivity contribution in [1.82, 2.24) is 14.8 Å². The molecule has 0 unspecified atom stereocenters. The first-order chi connectivity index (χ1) is 16.5. The van der Waals surface area contributed by atoms with Gasteiger partial charge in [0.25, 0.3) is 0 Å². The van der Waals surface area contributed by atoms with Crippen molar-refractivity contribution in [3.63, 3.8) is 0 Å². The van der Waals surface area contributed by atoms with E-state index in [-0.39, 0.29) is 30.4 Å². The molecule has 6 nitrogen and oxygen atoms in total. The van der Waals surface area contributed by atoms with Gasteiger partial charge in [0.15, 0.2) is 11.5 Å². The van der Waals surface area contributed by atoms with Crippen molar-refractivity contribution in [2.75, 3.05) is 32.7 Å². The molecule has 3 heterocycles. The van der Waals surface area contributed by atoms with Crippen molar-refractivity contribution >= 4 is 30.3 Å². The summed E-state index contributed by atoms with van der Waals surface area (Å²) >= 11 is 0. The Labute approximate surface area is 207 Å². The van der Waals surface area contributed by atoms with E-state index in [1.54, 1.807) is 29.2 Å². The summed E-state index contributed by atoms with van der Waals surface area (Å²) in [7, 11) is 0. The Bertz CT molecular complexity index is 1070. The zero-order chi connectivity index (χ0) is 25.8. The molecule has 0 radical (unpaired) electrons. The quantitative estimate of drug-likeness (QED) is 0.420. The van der Waals surface area contributed by atoms with Crippen LogP contribution in [-0.4, -0.2) is 76.2 Å². The number of nitrogens with zero attached hydrogens (tertiary/aromatic N) is 3. The van der Waals surface area contributed by atoms with Crippen LogP contribution < -0.4 is 0 Å². The molecule has 0 bridgehead atoms. The van der Waals surface area contributed by atoms with Crippen LogP contribution in [0.3, 0.4) is 0 Å². The van der Waals surface area contributed by atoms with Crippen LogP contribution in [0.15, 0.2) is 36.1 Å². The lowest BCUT2D eigenvalue weighted by molar-refractivity contribution is -0.354. The summed E-state index contributed by atoms with van der Waals surface area (Å²) < 4.78 is 30.3. The molecule has 190 valence electrons. The monoisotopic (exact) mass is 486 g/mol. The first-order valence-electron chi connectivity index (χ1n) is 12.4. The molecule has 1 aromatic heterocycles. The van der Waals surface area contributed by atoms with Gasteiger partial charge in [0.1, 0.15) is 5.71 Å². The first-order valence-corrected chi connectivity index (χ1v) is 12.4. The van der Waals surface area contributed by atoms with Gasteiger partial charge in [-0.15, -0.1) is 0 Å². The van der Waals surface area contributed by atoms with E-state index in [1.165, 1.54) is 0 Å². The molecule has 0 aliphatic carbocycles. The number of carbonyl (C=O) groups is 2. The Morgan fingerprint density at radius 3 is 2.43 bits per heavy atom. The van der Waals surface area contributed by atoms with E-state index in [4.69, 9.17) is 0 Å². The molecule has 0 atom stereocenters. The second-order valence-corrected chi connectivity index (χ2v) is 9.93. The minimum absolute atomic E-state index is 0.00793. The van der Waals surface area contributed by atoms with Crippen LogP contribution in [0.4, 0.5) is 8.63 Å². The van der Waals surface area contributed by atoms with E-state index in [0.29, 0.717) is 31.0 Å². The third-order valence-electron chi connectivity index (χ3n) is 6.50. The summed E-state index contributed by atoms with van der Waals surface area (Å²) in [5.41, 5.74) is 3.69. The van der Waals surface area contributed by atoms with Crippen LogP contribution in [0.5, 0.6) is 0 Å². The number of H-pyrrole nitrogens is 1. The van der Waals surface area contributed by atoms with Gasteiger partial charge < -0.3 is 23.0 Å². The number of piperazine rings is 1. The van der Waals surface area contributed by atoms with E-state index >= 15 is 0 Å². The molecular weight excluding hydrogens is 449 g/mol. The molecule has 1 fully saturated rings. The number of carbonyl (C=O) groups excluding carboxylic acids is 2. The van der Waals surface area contributed by atoms with Crippen LogP contribution in [0.1, 0.15) is 43.6 Å². The van der Waals surface area contributed by atoms with Gasteiger partial charge in [0, 0.05) is 81.1 Å². The minimum atomic E-state index is -3.80. The molecule has 1 amide bonds. The smallest absolute Gasteiger partial charge is 0.412 e. The van der Waals surface area contributed by atoms with Crippen LogP contribution >= 0.6 is 0 Å². The predicted molar refractivity (Wildman–Crippen MR) is 138 cm³/mol. The number of hydrogen-bond acceptors (Lipinski definition) is 3. The van der Waals surface area contributed by atoms with Crippen molar-refractivity contribution in [2.45, 2.75) is 47.4 Å². The van der Waals surface area contributed by atoms with E-state index in [2.05, 4.69) is 9.88 Å². The number of halogens is 2. The van der Waals surface area contributed by atoms with Gasteiger partial charge in [-0.2, -0.15) is 0 Å². The summed E-state index contributed by atoms with van der Waals surface area (Å²) in [5.74, 6) is 0.0872. The van der Waals surface area contributed by atoms with Gasteiger partial charge >= 0.3 is 6.84 Å². The first kappa shape index (κ1) is 26.8. The highest BCUT2D eigenvalue weighted by Crippen LogP contribution is 2.25. The third-order valence-corrected chi connectivity index (χ3v) is 6.50. The summed E-state index contributed by atoms with van der Waals surface area (Å²) in [6.45, 7) is 8.11. The fraction of sp³-hybridized carbons (Fsp3) is 0.500. The lowest BCUT2D eigenvalue weighted by Gasteiger charge is -2.34. The van der Waals surface area contributed by atoms with E-state index in [1.807, 2.05) is 39.8 Å². The number of aromatic amines is 1. The molecule has 35 heavy (non-hydrogen) atoms. The maximum Gasteiger partial charge on any atom is 0.611 e. The number of ketones is 1. The topological polar surface area (TPSA) is 59.4 Å². The fourth-order valence-electron chi connectivity index (χ4n) is 4.51. The van der Waals surface area contributed by atoms with Crippen molar-refractivity contribution < 1.29 is 22.7 Å². The predicted octanol–water partition coefficient (Wildman–Crippen LogP) is 4.21. The van der Waals surface area contributed by atoms with E-state index in [0.717, 1.165) is 41.4 Å². The molecule has 0 aromatic carbocycles. The Kier molecular flexibility index (Phi) is 8.64. The molecule has 1 N–H and O–H groups in total. The Morgan fingerprint density at radius 2 is 1.86 bits per heavy atom. The number of aryl methyl sites for hydroxylation is 2. The molecular formula is C26H37BF2N4O2. The lowest BCUT2D eigenvalue weighted by atomic mass is 9.82. The maximum absolute atomic E-state index is 14.6. The summed E-state index contributed by atoms with van der Waals surface area (Å²) in [5, 5.41) is 0.